The number of aromatic nitrogens is 1. The molecule has 1 N–H and O–H groups in total. The van der Waals surface area contributed by atoms with Crippen LogP contribution in [0.4, 0.5) is 0 Å². The smallest absolute Gasteiger partial charge is 0.227 e. The predicted molar refractivity (Wildman–Crippen MR) is 85.6 cm³/mol. The van der Waals surface area contributed by atoms with Gasteiger partial charge in [0, 0.05) is 11.8 Å². The minimum atomic E-state index is -0.0444. The SMILES string of the molecule is O=C(Cc1nc(Cc2ccccc2)cs1)NCc1ccco1. The summed E-state index contributed by atoms with van der Waals surface area (Å²) in [5, 5.41) is 5.68. The van der Waals surface area contributed by atoms with Crippen LogP contribution in [0.3, 0.4) is 0 Å². The van der Waals surface area contributed by atoms with Crippen molar-refractivity contribution in [2.75, 3.05) is 0 Å². The number of nitrogens with zero attached hydrogens (tertiary/aromatic N) is 1. The van der Waals surface area contributed by atoms with Crippen LogP contribution < -0.4 is 5.32 Å². The molecular formula is C17H16N2O2S. The summed E-state index contributed by atoms with van der Waals surface area (Å²) in [5.41, 5.74) is 2.23. The quantitative estimate of drug-likeness (QED) is 0.760. The topological polar surface area (TPSA) is 55.1 Å². The third kappa shape index (κ3) is 4.05. The second-order valence-corrected chi connectivity index (χ2v) is 5.87. The van der Waals surface area contributed by atoms with Crippen LogP contribution in [-0.4, -0.2) is 10.9 Å². The van der Waals surface area contributed by atoms with Crippen molar-refractivity contribution in [1.82, 2.24) is 10.3 Å². The summed E-state index contributed by atoms with van der Waals surface area (Å²) in [6.07, 6.45) is 2.70. The van der Waals surface area contributed by atoms with Crippen molar-refractivity contribution in [2.24, 2.45) is 0 Å². The van der Waals surface area contributed by atoms with E-state index < -0.39 is 0 Å². The highest BCUT2D eigenvalue weighted by molar-refractivity contribution is 7.09. The Morgan fingerprint density at radius 1 is 1.18 bits per heavy atom. The van der Waals surface area contributed by atoms with Crippen LogP contribution in [0.1, 0.15) is 22.0 Å². The first kappa shape index (κ1) is 14.5. The average molecular weight is 312 g/mol. The summed E-state index contributed by atoms with van der Waals surface area (Å²) >= 11 is 1.53. The number of hydrogen-bond acceptors (Lipinski definition) is 4. The Morgan fingerprint density at radius 3 is 2.82 bits per heavy atom. The van der Waals surface area contributed by atoms with Crippen molar-refractivity contribution in [1.29, 1.82) is 0 Å². The Bertz CT molecular complexity index is 720. The molecule has 0 fully saturated rings. The van der Waals surface area contributed by atoms with Crippen LogP contribution in [0.25, 0.3) is 0 Å². The van der Waals surface area contributed by atoms with E-state index in [0.29, 0.717) is 13.0 Å². The predicted octanol–water partition coefficient (Wildman–Crippen LogP) is 3.19. The first-order chi connectivity index (χ1) is 10.8. The van der Waals surface area contributed by atoms with Crippen LogP contribution in [0, 0.1) is 0 Å². The average Bonchev–Trinajstić information content (AvgIpc) is 3.18. The highest BCUT2D eigenvalue weighted by Crippen LogP contribution is 2.14. The fraction of sp³-hybridized carbons (Fsp3) is 0.176. The van der Waals surface area contributed by atoms with E-state index in [9.17, 15) is 4.79 Å². The van der Waals surface area contributed by atoms with Gasteiger partial charge in [-0.25, -0.2) is 4.98 Å². The van der Waals surface area contributed by atoms with Crippen molar-refractivity contribution < 1.29 is 9.21 Å². The van der Waals surface area contributed by atoms with E-state index in [1.165, 1.54) is 16.9 Å². The summed E-state index contributed by atoms with van der Waals surface area (Å²) in [4.78, 5) is 16.4. The van der Waals surface area contributed by atoms with E-state index in [-0.39, 0.29) is 5.91 Å². The molecule has 4 nitrogen and oxygen atoms in total. The van der Waals surface area contributed by atoms with Crippen LogP contribution >= 0.6 is 11.3 Å². The molecule has 22 heavy (non-hydrogen) atoms. The Hall–Kier alpha value is -2.40. The van der Waals surface area contributed by atoms with Gasteiger partial charge < -0.3 is 9.73 Å². The first-order valence-corrected chi connectivity index (χ1v) is 7.94. The van der Waals surface area contributed by atoms with E-state index >= 15 is 0 Å². The molecule has 0 saturated carbocycles. The number of nitrogens with one attached hydrogen (secondary N) is 1. The van der Waals surface area contributed by atoms with E-state index in [4.69, 9.17) is 4.42 Å². The maximum absolute atomic E-state index is 11.9. The molecule has 0 unspecified atom stereocenters. The third-order valence-corrected chi connectivity index (χ3v) is 4.08. The van der Waals surface area contributed by atoms with Crippen molar-refractivity contribution in [3.05, 3.63) is 76.1 Å². The molecule has 2 heterocycles. The highest BCUT2D eigenvalue weighted by atomic mass is 32.1. The van der Waals surface area contributed by atoms with Crippen molar-refractivity contribution in [3.8, 4) is 0 Å². The summed E-state index contributed by atoms with van der Waals surface area (Å²) < 4.78 is 5.18. The van der Waals surface area contributed by atoms with Gasteiger partial charge in [-0.05, 0) is 17.7 Å². The molecule has 0 aliphatic heterocycles. The molecule has 0 atom stereocenters. The zero-order valence-corrected chi connectivity index (χ0v) is 12.8. The number of benzene rings is 1. The summed E-state index contributed by atoms with van der Waals surface area (Å²) in [6, 6.07) is 13.8. The van der Waals surface area contributed by atoms with Crippen LogP contribution in [0.15, 0.2) is 58.5 Å². The number of thiazole rings is 1. The summed E-state index contributed by atoms with van der Waals surface area (Å²) in [5.74, 6) is 0.703. The molecule has 3 rings (SSSR count). The van der Waals surface area contributed by atoms with Crippen LogP contribution in [0.5, 0.6) is 0 Å². The standard InChI is InChI=1S/C17H16N2O2S/c20-16(18-11-15-7-4-8-21-15)10-17-19-14(12-22-17)9-13-5-2-1-3-6-13/h1-8,12H,9-11H2,(H,18,20). The van der Waals surface area contributed by atoms with E-state index in [0.717, 1.165) is 22.9 Å². The Kier molecular flexibility index (Phi) is 4.65. The Morgan fingerprint density at radius 2 is 2.05 bits per heavy atom. The minimum absolute atomic E-state index is 0.0444. The molecule has 0 spiro atoms. The lowest BCUT2D eigenvalue weighted by atomic mass is 10.1. The summed E-state index contributed by atoms with van der Waals surface area (Å²) in [7, 11) is 0. The Balaban J connectivity index is 1.51. The molecule has 1 amide bonds. The molecule has 112 valence electrons. The fourth-order valence-electron chi connectivity index (χ4n) is 2.12. The molecule has 0 saturated heterocycles. The molecular weight excluding hydrogens is 296 g/mol. The number of amides is 1. The van der Waals surface area contributed by atoms with Gasteiger partial charge in [0.1, 0.15) is 10.8 Å². The maximum atomic E-state index is 11.9. The van der Waals surface area contributed by atoms with Crippen molar-refractivity contribution in [2.45, 2.75) is 19.4 Å². The zero-order valence-electron chi connectivity index (χ0n) is 12.0. The van der Waals surface area contributed by atoms with E-state index in [1.807, 2.05) is 29.6 Å². The second kappa shape index (κ2) is 7.04. The third-order valence-electron chi connectivity index (χ3n) is 3.18. The zero-order chi connectivity index (χ0) is 15.2. The first-order valence-electron chi connectivity index (χ1n) is 7.06. The molecule has 0 aliphatic carbocycles. The molecule has 2 aromatic heterocycles. The Labute approximate surface area is 132 Å². The van der Waals surface area contributed by atoms with Gasteiger partial charge in [0.25, 0.3) is 0 Å². The number of rotatable bonds is 6. The van der Waals surface area contributed by atoms with Gasteiger partial charge in [-0.3, -0.25) is 4.79 Å². The van der Waals surface area contributed by atoms with E-state index in [1.54, 1.807) is 12.3 Å². The molecule has 3 aromatic rings. The van der Waals surface area contributed by atoms with Gasteiger partial charge >= 0.3 is 0 Å². The largest absolute Gasteiger partial charge is 0.467 e. The molecule has 0 aliphatic rings. The number of carbonyl (C=O) groups is 1. The molecule has 0 bridgehead atoms. The van der Waals surface area contributed by atoms with Gasteiger partial charge in [0.15, 0.2) is 0 Å². The minimum Gasteiger partial charge on any atom is -0.467 e. The van der Waals surface area contributed by atoms with Gasteiger partial charge in [-0.15, -0.1) is 11.3 Å². The van der Waals surface area contributed by atoms with Crippen LogP contribution in [-0.2, 0) is 24.2 Å². The van der Waals surface area contributed by atoms with Crippen LogP contribution in [0.2, 0.25) is 0 Å². The number of carbonyl (C=O) groups excluding carboxylic acids is 1. The lowest BCUT2D eigenvalue weighted by Crippen LogP contribution is -2.24. The van der Waals surface area contributed by atoms with Crippen molar-refractivity contribution in [3.63, 3.8) is 0 Å². The monoisotopic (exact) mass is 312 g/mol. The van der Waals surface area contributed by atoms with Gasteiger partial charge in [0.05, 0.1) is 24.9 Å². The highest BCUT2D eigenvalue weighted by Gasteiger charge is 2.09. The summed E-state index contributed by atoms with van der Waals surface area (Å²) in [6.45, 7) is 0.411. The molecule has 0 radical (unpaired) electrons. The lowest BCUT2D eigenvalue weighted by Gasteiger charge is -2.01. The van der Waals surface area contributed by atoms with Gasteiger partial charge in [-0.2, -0.15) is 0 Å². The number of furan rings is 1. The second-order valence-electron chi connectivity index (χ2n) is 4.93. The maximum Gasteiger partial charge on any atom is 0.227 e. The normalized spacial score (nSPS) is 10.5. The van der Waals surface area contributed by atoms with E-state index in [2.05, 4.69) is 22.4 Å². The van der Waals surface area contributed by atoms with Crippen molar-refractivity contribution >= 4 is 17.2 Å². The van der Waals surface area contributed by atoms with Gasteiger partial charge in [-0.1, -0.05) is 30.3 Å². The lowest BCUT2D eigenvalue weighted by molar-refractivity contribution is -0.120. The molecule has 1 aromatic carbocycles. The molecule has 5 heteroatoms. The van der Waals surface area contributed by atoms with Gasteiger partial charge in [0.2, 0.25) is 5.91 Å². The fourth-order valence-corrected chi connectivity index (χ4v) is 2.91. The number of hydrogen-bond donors (Lipinski definition) is 1.